The van der Waals surface area contributed by atoms with Crippen LogP contribution in [0.2, 0.25) is 0 Å². The molecule has 0 saturated heterocycles. The molecule has 1 aromatic rings. The molecule has 5 heteroatoms. The normalized spacial score (nSPS) is 11.9. The molecular weight excluding hydrogens is 218 g/mol. The molecule has 0 aliphatic heterocycles. The third kappa shape index (κ3) is 3.57. The van der Waals surface area contributed by atoms with Crippen molar-refractivity contribution in [3.05, 3.63) is 35.4 Å². The third-order valence-electron chi connectivity index (χ3n) is 2.42. The van der Waals surface area contributed by atoms with E-state index in [1.54, 1.807) is 43.1 Å². The summed E-state index contributed by atoms with van der Waals surface area (Å²) in [5, 5.41) is 0. The number of hydrogen-bond acceptors (Lipinski definition) is 3. The van der Waals surface area contributed by atoms with Crippen molar-refractivity contribution >= 4 is 11.8 Å². The summed E-state index contributed by atoms with van der Waals surface area (Å²) in [7, 11) is 1.69. The van der Waals surface area contributed by atoms with Crippen LogP contribution in [0, 0.1) is 0 Å². The van der Waals surface area contributed by atoms with Crippen LogP contribution in [0.25, 0.3) is 0 Å². The standard InChI is InChI=1S/C12H17N3O2/c1-8(13)12(17)15(2)7-9-3-5-10(6-4-9)11(14)16/h3-6,8H,7,13H2,1-2H3,(H2,14,16). The van der Waals surface area contributed by atoms with E-state index in [2.05, 4.69) is 0 Å². The molecule has 0 aliphatic carbocycles. The second-order valence-corrected chi connectivity index (χ2v) is 4.04. The monoisotopic (exact) mass is 235 g/mol. The molecule has 0 aliphatic rings. The highest BCUT2D eigenvalue weighted by Crippen LogP contribution is 2.07. The minimum absolute atomic E-state index is 0.121. The highest BCUT2D eigenvalue weighted by molar-refractivity contribution is 5.92. The summed E-state index contributed by atoms with van der Waals surface area (Å²) in [5.41, 5.74) is 12.0. The van der Waals surface area contributed by atoms with Crippen LogP contribution in [0.15, 0.2) is 24.3 Å². The quantitative estimate of drug-likeness (QED) is 0.775. The van der Waals surface area contributed by atoms with E-state index in [1.165, 1.54) is 0 Å². The number of rotatable bonds is 4. The molecule has 92 valence electrons. The van der Waals surface area contributed by atoms with Crippen molar-refractivity contribution in [2.24, 2.45) is 11.5 Å². The van der Waals surface area contributed by atoms with Crippen molar-refractivity contribution in [3.8, 4) is 0 Å². The van der Waals surface area contributed by atoms with Gasteiger partial charge in [-0.05, 0) is 24.6 Å². The zero-order valence-corrected chi connectivity index (χ0v) is 10.0. The summed E-state index contributed by atoms with van der Waals surface area (Å²) < 4.78 is 0. The highest BCUT2D eigenvalue weighted by Gasteiger charge is 2.13. The topological polar surface area (TPSA) is 89.4 Å². The number of primary amides is 1. The summed E-state index contributed by atoms with van der Waals surface area (Å²) in [5.74, 6) is -0.583. The number of carbonyl (C=O) groups is 2. The predicted molar refractivity (Wildman–Crippen MR) is 65.1 cm³/mol. The van der Waals surface area contributed by atoms with Gasteiger partial charge in [-0.25, -0.2) is 0 Å². The van der Waals surface area contributed by atoms with Gasteiger partial charge in [0, 0.05) is 19.2 Å². The van der Waals surface area contributed by atoms with Gasteiger partial charge in [0.2, 0.25) is 11.8 Å². The van der Waals surface area contributed by atoms with Crippen LogP contribution in [-0.4, -0.2) is 29.8 Å². The van der Waals surface area contributed by atoms with Crippen molar-refractivity contribution < 1.29 is 9.59 Å². The molecule has 1 rings (SSSR count). The Morgan fingerprint density at radius 1 is 1.29 bits per heavy atom. The average Bonchev–Trinajstić information content (AvgIpc) is 2.28. The van der Waals surface area contributed by atoms with Crippen molar-refractivity contribution in [3.63, 3.8) is 0 Å². The van der Waals surface area contributed by atoms with E-state index in [0.29, 0.717) is 12.1 Å². The van der Waals surface area contributed by atoms with Gasteiger partial charge >= 0.3 is 0 Å². The Morgan fingerprint density at radius 3 is 2.24 bits per heavy atom. The van der Waals surface area contributed by atoms with E-state index in [1.807, 2.05) is 0 Å². The van der Waals surface area contributed by atoms with Crippen LogP contribution in [-0.2, 0) is 11.3 Å². The van der Waals surface area contributed by atoms with Crippen LogP contribution in [0.4, 0.5) is 0 Å². The number of hydrogen-bond donors (Lipinski definition) is 2. The fourth-order valence-corrected chi connectivity index (χ4v) is 1.47. The number of nitrogens with zero attached hydrogens (tertiary/aromatic N) is 1. The molecule has 1 atom stereocenters. The van der Waals surface area contributed by atoms with Crippen LogP contribution in [0.5, 0.6) is 0 Å². The average molecular weight is 235 g/mol. The first kappa shape index (κ1) is 13.2. The zero-order valence-electron chi connectivity index (χ0n) is 10.0. The fourth-order valence-electron chi connectivity index (χ4n) is 1.47. The minimum Gasteiger partial charge on any atom is -0.366 e. The molecule has 0 fully saturated rings. The van der Waals surface area contributed by atoms with Gasteiger partial charge in [0.05, 0.1) is 6.04 Å². The van der Waals surface area contributed by atoms with Gasteiger partial charge in [0.25, 0.3) is 0 Å². The van der Waals surface area contributed by atoms with Gasteiger partial charge in [-0.1, -0.05) is 12.1 Å². The van der Waals surface area contributed by atoms with Crippen LogP contribution < -0.4 is 11.5 Å². The van der Waals surface area contributed by atoms with E-state index in [9.17, 15) is 9.59 Å². The highest BCUT2D eigenvalue weighted by atomic mass is 16.2. The first-order valence-corrected chi connectivity index (χ1v) is 5.31. The van der Waals surface area contributed by atoms with E-state index >= 15 is 0 Å². The van der Waals surface area contributed by atoms with E-state index in [0.717, 1.165) is 5.56 Å². The summed E-state index contributed by atoms with van der Waals surface area (Å²) in [6, 6.07) is 6.31. The van der Waals surface area contributed by atoms with Crippen molar-refractivity contribution in [2.75, 3.05) is 7.05 Å². The maximum Gasteiger partial charge on any atom is 0.248 e. The number of benzene rings is 1. The number of nitrogens with two attached hydrogens (primary N) is 2. The Kier molecular flexibility index (Phi) is 4.23. The minimum atomic E-state index is -0.509. The predicted octanol–water partition coefficient (Wildman–Crippen LogP) is 0.0911. The van der Waals surface area contributed by atoms with Crippen molar-refractivity contribution in [2.45, 2.75) is 19.5 Å². The fraction of sp³-hybridized carbons (Fsp3) is 0.333. The number of amides is 2. The Labute approximate surface area is 100 Å². The first-order chi connectivity index (χ1) is 7.91. The molecule has 1 unspecified atom stereocenters. The Morgan fingerprint density at radius 2 is 1.82 bits per heavy atom. The van der Waals surface area contributed by atoms with Crippen LogP contribution >= 0.6 is 0 Å². The largest absolute Gasteiger partial charge is 0.366 e. The van der Waals surface area contributed by atoms with E-state index in [-0.39, 0.29) is 5.91 Å². The van der Waals surface area contributed by atoms with Gasteiger partial charge in [-0.15, -0.1) is 0 Å². The SMILES string of the molecule is CC(N)C(=O)N(C)Cc1ccc(C(N)=O)cc1. The molecule has 1 aromatic carbocycles. The van der Waals surface area contributed by atoms with Gasteiger partial charge in [0.1, 0.15) is 0 Å². The summed E-state index contributed by atoms with van der Waals surface area (Å²) in [6.07, 6.45) is 0. The molecule has 4 N–H and O–H groups in total. The Bertz CT molecular complexity index is 412. The molecule has 0 radical (unpaired) electrons. The molecule has 17 heavy (non-hydrogen) atoms. The lowest BCUT2D eigenvalue weighted by atomic mass is 10.1. The van der Waals surface area contributed by atoms with Crippen LogP contribution in [0.1, 0.15) is 22.8 Å². The lowest BCUT2D eigenvalue weighted by molar-refractivity contribution is -0.131. The zero-order chi connectivity index (χ0) is 13.0. The second kappa shape index (κ2) is 5.45. The smallest absolute Gasteiger partial charge is 0.248 e. The maximum absolute atomic E-state index is 11.5. The lowest BCUT2D eigenvalue weighted by Crippen LogP contribution is -2.39. The summed E-state index contributed by atoms with van der Waals surface area (Å²) >= 11 is 0. The number of likely N-dealkylation sites (N-methyl/N-ethyl adjacent to an activating group) is 1. The molecule has 0 bridgehead atoms. The van der Waals surface area contributed by atoms with Gasteiger partial charge in [0.15, 0.2) is 0 Å². The lowest BCUT2D eigenvalue weighted by Gasteiger charge is -2.19. The van der Waals surface area contributed by atoms with Crippen LogP contribution in [0.3, 0.4) is 0 Å². The molecule has 0 aromatic heterocycles. The second-order valence-electron chi connectivity index (χ2n) is 4.04. The third-order valence-corrected chi connectivity index (χ3v) is 2.42. The molecule has 5 nitrogen and oxygen atoms in total. The molecule has 0 saturated carbocycles. The van der Waals surface area contributed by atoms with Crippen molar-refractivity contribution in [1.82, 2.24) is 4.90 Å². The molecule has 0 spiro atoms. The van der Waals surface area contributed by atoms with Gasteiger partial charge in [-0.3, -0.25) is 9.59 Å². The maximum atomic E-state index is 11.5. The number of carbonyl (C=O) groups excluding carboxylic acids is 2. The summed E-state index contributed by atoms with van der Waals surface area (Å²) in [6.45, 7) is 2.11. The Hall–Kier alpha value is -1.88. The first-order valence-electron chi connectivity index (χ1n) is 5.31. The van der Waals surface area contributed by atoms with Crippen molar-refractivity contribution in [1.29, 1.82) is 0 Å². The van der Waals surface area contributed by atoms with Gasteiger partial charge in [-0.2, -0.15) is 0 Å². The molecule has 0 heterocycles. The van der Waals surface area contributed by atoms with Gasteiger partial charge < -0.3 is 16.4 Å². The molecule has 2 amide bonds. The van der Waals surface area contributed by atoms with E-state index in [4.69, 9.17) is 11.5 Å². The molecular formula is C12H17N3O2. The van der Waals surface area contributed by atoms with E-state index < -0.39 is 11.9 Å². The Balaban J connectivity index is 2.69. The summed E-state index contributed by atoms with van der Waals surface area (Å²) in [4.78, 5) is 24.0.